The molecule has 2 aliphatic carbocycles. The third kappa shape index (κ3) is 5.01. The Kier molecular flexibility index (Phi) is 6.93. The summed E-state index contributed by atoms with van der Waals surface area (Å²) in [5, 5.41) is 23.4. The van der Waals surface area contributed by atoms with Gasteiger partial charge in [0, 0.05) is 18.9 Å². The molecular formula is C25H28N2O6. The van der Waals surface area contributed by atoms with E-state index in [9.17, 15) is 19.5 Å². The second-order valence-corrected chi connectivity index (χ2v) is 8.57. The average molecular weight is 453 g/mol. The molecule has 2 amide bonds. The first kappa shape index (κ1) is 22.8. The summed E-state index contributed by atoms with van der Waals surface area (Å²) in [6, 6.07) is 15.4. The van der Waals surface area contributed by atoms with Gasteiger partial charge in [-0.1, -0.05) is 55.0 Å². The number of carbonyl (C=O) groups excluding carboxylic acids is 2. The van der Waals surface area contributed by atoms with Gasteiger partial charge in [-0.15, -0.1) is 0 Å². The summed E-state index contributed by atoms with van der Waals surface area (Å²) >= 11 is 0. The van der Waals surface area contributed by atoms with E-state index in [4.69, 9.17) is 9.84 Å². The molecule has 33 heavy (non-hydrogen) atoms. The molecule has 1 saturated carbocycles. The van der Waals surface area contributed by atoms with Crippen molar-refractivity contribution in [2.75, 3.05) is 13.2 Å². The summed E-state index contributed by atoms with van der Waals surface area (Å²) in [6.45, 7) is 0.158. The summed E-state index contributed by atoms with van der Waals surface area (Å²) in [6.07, 6.45) is 0.318. The highest BCUT2D eigenvalue weighted by Crippen LogP contribution is 2.44. The van der Waals surface area contributed by atoms with Crippen molar-refractivity contribution in [2.45, 2.75) is 43.7 Å². The number of carboxylic acid groups (broad SMARTS) is 1. The topological polar surface area (TPSA) is 125 Å². The molecule has 0 spiro atoms. The van der Waals surface area contributed by atoms with Crippen LogP contribution in [-0.4, -0.2) is 53.5 Å². The number of hydrogen-bond acceptors (Lipinski definition) is 5. The maximum atomic E-state index is 12.6. The molecule has 8 heteroatoms. The van der Waals surface area contributed by atoms with Crippen molar-refractivity contribution in [1.82, 2.24) is 10.6 Å². The smallest absolute Gasteiger partial charge is 0.407 e. The highest BCUT2D eigenvalue weighted by Gasteiger charge is 2.35. The molecule has 0 radical (unpaired) electrons. The predicted molar refractivity (Wildman–Crippen MR) is 121 cm³/mol. The number of aliphatic hydroxyl groups is 1. The molecule has 4 N–H and O–H groups in total. The minimum Gasteiger partial charge on any atom is -0.479 e. The zero-order valence-corrected chi connectivity index (χ0v) is 18.2. The lowest BCUT2D eigenvalue weighted by Crippen LogP contribution is -2.53. The van der Waals surface area contributed by atoms with Gasteiger partial charge in [-0.2, -0.15) is 0 Å². The summed E-state index contributed by atoms with van der Waals surface area (Å²) in [7, 11) is 0. The van der Waals surface area contributed by atoms with Crippen LogP contribution in [0.2, 0.25) is 0 Å². The number of rotatable bonds is 9. The van der Waals surface area contributed by atoms with Gasteiger partial charge < -0.3 is 25.6 Å². The molecule has 174 valence electrons. The number of alkyl carbamates (subject to hydrolysis) is 1. The van der Waals surface area contributed by atoms with E-state index in [2.05, 4.69) is 22.8 Å². The number of fused-ring (bicyclic) bond motifs is 3. The number of carbonyl (C=O) groups is 3. The number of carboxylic acids is 1. The second kappa shape index (κ2) is 10.0. The van der Waals surface area contributed by atoms with Crippen LogP contribution in [0.3, 0.4) is 0 Å². The Labute approximate surface area is 192 Å². The van der Waals surface area contributed by atoms with Gasteiger partial charge in [-0.3, -0.25) is 4.79 Å². The monoisotopic (exact) mass is 452 g/mol. The molecule has 0 aliphatic heterocycles. The first-order chi connectivity index (χ1) is 16.0. The van der Waals surface area contributed by atoms with Crippen LogP contribution >= 0.6 is 0 Å². The van der Waals surface area contributed by atoms with Gasteiger partial charge in [0.15, 0.2) is 6.10 Å². The van der Waals surface area contributed by atoms with Gasteiger partial charge in [-0.25, -0.2) is 9.59 Å². The van der Waals surface area contributed by atoms with E-state index in [0.717, 1.165) is 41.5 Å². The molecule has 2 unspecified atom stereocenters. The predicted octanol–water partition coefficient (Wildman–Crippen LogP) is 2.65. The third-order valence-electron chi connectivity index (χ3n) is 6.52. The summed E-state index contributed by atoms with van der Waals surface area (Å²) in [5.74, 6) is -1.80. The Morgan fingerprint density at radius 1 is 1.00 bits per heavy atom. The van der Waals surface area contributed by atoms with Gasteiger partial charge in [0.2, 0.25) is 5.91 Å². The van der Waals surface area contributed by atoms with E-state index in [-0.39, 0.29) is 31.4 Å². The molecule has 2 aliphatic rings. The molecule has 0 aromatic heterocycles. The molecular weight excluding hydrogens is 424 g/mol. The minimum atomic E-state index is -1.54. The maximum Gasteiger partial charge on any atom is 0.407 e. The van der Waals surface area contributed by atoms with E-state index < -0.39 is 30.1 Å². The summed E-state index contributed by atoms with van der Waals surface area (Å²) in [5.41, 5.74) is 4.49. The Bertz CT molecular complexity index is 990. The van der Waals surface area contributed by atoms with Crippen molar-refractivity contribution in [2.24, 2.45) is 5.92 Å². The fourth-order valence-corrected chi connectivity index (χ4v) is 4.50. The Balaban J connectivity index is 1.35. The second-order valence-electron chi connectivity index (χ2n) is 8.57. The number of hydrogen-bond donors (Lipinski definition) is 4. The lowest BCUT2D eigenvalue weighted by molar-refractivity contribution is -0.147. The van der Waals surface area contributed by atoms with Gasteiger partial charge in [-0.05, 0) is 41.0 Å². The molecule has 8 nitrogen and oxygen atoms in total. The average Bonchev–Trinajstić information content (AvgIpc) is 3.09. The van der Waals surface area contributed by atoms with Crippen LogP contribution in [0.15, 0.2) is 48.5 Å². The lowest BCUT2D eigenvalue weighted by Gasteiger charge is -2.33. The van der Waals surface area contributed by atoms with E-state index in [1.165, 1.54) is 0 Å². The zero-order chi connectivity index (χ0) is 23.4. The van der Waals surface area contributed by atoms with E-state index in [0.29, 0.717) is 0 Å². The molecule has 2 atom stereocenters. The largest absolute Gasteiger partial charge is 0.479 e. The Hall–Kier alpha value is -3.39. The summed E-state index contributed by atoms with van der Waals surface area (Å²) in [4.78, 5) is 36.0. The van der Waals surface area contributed by atoms with E-state index >= 15 is 0 Å². The Morgan fingerprint density at radius 3 is 2.15 bits per heavy atom. The SMILES string of the molecule is O=C(NC(C(=O)NCCC(O)C(=O)O)C1CCC1)OCC1c2ccccc2-c2ccccc21. The molecule has 2 aromatic rings. The molecule has 0 saturated heterocycles. The van der Waals surface area contributed by atoms with Crippen molar-refractivity contribution in [3.8, 4) is 11.1 Å². The number of aliphatic hydroxyl groups excluding tert-OH is 1. The minimum absolute atomic E-state index is 0.00187. The highest BCUT2D eigenvalue weighted by atomic mass is 16.5. The van der Waals surface area contributed by atoms with Gasteiger partial charge in [0.1, 0.15) is 12.6 Å². The number of aliphatic carboxylic acids is 1. The van der Waals surface area contributed by atoms with Crippen molar-refractivity contribution < 1.29 is 29.3 Å². The van der Waals surface area contributed by atoms with Crippen LogP contribution in [0.4, 0.5) is 4.79 Å². The van der Waals surface area contributed by atoms with Crippen LogP contribution in [0, 0.1) is 5.92 Å². The van der Waals surface area contributed by atoms with Crippen LogP contribution in [-0.2, 0) is 14.3 Å². The van der Waals surface area contributed by atoms with Gasteiger partial charge in [0.05, 0.1) is 0 Å². The normalized spacial score (nSPS) is 16.6. The lowest BCUT2D eigenvalue weighted by atomic mass is 9.79. The zero-order valence-electron chi connectivity index (χ0n) is 18.2. The van der Waals surface area contributed by atoms with Crippen molar-refractivity contribution in [3.05, 3.63) is 59.7 Å². The van der Waals surface area contributed by atoms with Crippen molar-refractivity contribution in [1.29, 1.82) is 0 Å². The number of nitrogens with one attached hydrogen (secondary N) is 2. The fraction of sp³-hybridized carbons (Fsp3) is 0.400. The maximum absolute atomic E-state index is 12.6. The van der Waals surface area contributed by atoms with Gasteiger partial charge >= 0.3 is 12.1 Å². The first-order valence-corrected chi connectivity index (χ1v) is 11.3. The van der Waals surface area contributed by atoms with Crippen molar-refractivity contribution in [3.63, 3.8) is 0 Å². The fourth-order valence-electron chi connectivity index (χ4n) is 4.50. The standard InChI is InChI=1S/C25H28N2O6/c28-21(24(30)31)12-13-26-23(29)22(15-6-5-7-15)27-25(32)33-14-20-18-10-3-1-8-16(18)17-9-2-4-11-19(17)20/h1-4,8-11,15,20-22,28H,5-7,12-14H2,(H,26,29)(H,27,32)(H,30,31). The van der Waals surface area contributed by atoms with Crippen LogP contribution < -0.4 is 10.6 Å². The van der Waals surface area contributed by atoms with Crippen LogP contribution in [0.5, 0.6) is 0 Å². The molecule has 0 heterocycles. The number of benzene rings is 2. The van der Waals surface area contributed by atoms with E-state index in [1.807, 2.05) is 36.4 Å². The van der Waals surface area contributed by atoms with Crippen molar-refractivity contribution >= 4 is 18.0 Å². The molecule has 2 aromatic carbocycles. The molecule has 4 rings (SSSR count). The number of ether oxygens (including phenoxy) is 1. The number of amides is 2. The Morgan fingerprint density at radius 2 is 1.61 bits per heavy atom. The first-order valence-electron chi connectivity index (χ1n) is 11.3. The molecule has 0 bridgehead atoms. The van der Waals surface area contributed by atoms with Crippen LogP contribution in [0.25, 0.3) is 11.1 Å². The van der Waals surface area contributed by atoms with Gasteiger partial charge in [0.25, 0.3) is 0 Å². The quantitative estimate of drug-likeness (QED) is 0.464. The molecule has 1 fully saturated rings. The third-order valence-corrected chi connectivity index (χ3v) is 6.52. The van der Waals surface area contributed by atoms with E-state index in [1.54, 1.807) is 0 Å². The summed E-state index contributed by atoms with van der Waals surface area (Å²) < 4.78 is 5.57. The van der Waals surface area contributed by atoms with Crippen LogP contribution in [0.1, 0.15) is 42.7 Å². The highest BCUT2D eigenvalue weighted by molar-refractivity contribution is 5.86.